The van der Waals surface area contributed by atoms with E-state index in [2.05, 4.69) is 0 Å². The molecule has 1 aromatic heterocycles. The van der Waals surface area contributed by atoms with Crippen molar-refractivity contribution in [3.63, 3.8) is 0 Å². The Bertz CT molecular complexity index is 552. The van der Waals surface area contributed by atoms with Crippen molar-refractivity contribution in [2.75, 3.05) is 0 Å². The molecule has 0 bridgehead atoms. The minimum absolute atomic E-state index is 0.0284. The minimum Gasteiger partial charge on any atom is -0.507 e. The van der Waals surface area contributed by atoms with Crippen molar-refractivity contribution in [2.45, 2.75) is 13.8 Å². The van der Waals surface area contributed by atoms with Crippen molar-refractivity contribution < 1.29 is 9.52 Å². The second-order valence-electron chi connectivity index (χ2n) is 3.33. The maximum Gasteiger partial charge on any atom is 0.196 e. The molecule has 0 saturated heterocycles. The van der Waals surface area contributed by atoms with E-state index < -0.39 is 0 Å². The Morgan fingerprint density at radius 1 is 1.29 bits per heavy atom. The maximum absolute atomic E-state index is 11.6. The Morgan fingerprint density at radius 2 is 2.00 bits per heavy atom. The zero-order chi connectivity index (χ0) is 10.3. The Balaban J connectivity index is 3.08. The summed E-state index contributed by atoms with van der Waals surface area (Å²) in [5.41, 5.74) is 1.11. The Kier molecular flexibility index (Phi) is 1.81. The van der Waals surface area contributed by atoms with Gasteiger partial charge >= 0.3 is 0 Å². The van der Waals surface area contributed by atoms with E-state index in [1.54, 1.807) is 13.0 Å². The molecule has 0 spiro atoms. The summed E-state index contributed by atoms with van der Waals surface area (Å²) in [6.45, 7) is 3.55. The number of benzene rings is 1. The lowest BCUT2D eigenvalue weighted by Gasteiger charge is -2.03. The maximum atomic E-state index is 11.6. The molecule has 0 fully saturated rings. The van der Waals surface area contributed by atoms with E-state index >= 15 is 0 Å². The van der Waals surface area contributed by atoms with Crippen LogP contribution in [0.2, 0.25) is 0 Å². The van der Waals surface area contributed by atoms with Crippen molar-refractivity contribution in [3.05, 3.63) is 39.7 Å². The number of phenolic OH excluding ortho intramolecular Hbond substituents is 1. The fraction of sp³-hybridized carbons (Fsp3) is 0.182. The third-order valence-corrected chi connectivity index (χ3v) is 2.18. The first-order valence-corrected chi connectivity index (χ1v) is 4.32. The van der Waals surface area contributed by atoms with E-state index in [0.717, 1.165) is 5.56 Å². The lowest BCUT2D eigenvalue weighted by atomic mass is 10.1. The molecule has 72 valence electrons. The number of hydrogen-bond donors (Lipinski definition) is 1. The van der Waals surface area contributed by atoms with Crippen molar-refractivity contribution in [2.24, 2.45) is 0 Å². The highest BCUT2D eigenvalue weighted by molar-refractivity contribution is 5.85. The zero-order valence-corrected chi connectivity index (χ0v) is 8.00. The molecular weight excluding hydrogens is 180 g/mol. The Labute approximate surface area is 80.6 Å². The summed E-state index contributed by atoms with van der Waals surface area (Å²) in [5.74, 6) is 0.524. The fourth-order valence-electron chi connectivity index (χ4n) is 1.49. The van der Waals surface area contributed by atoms with Gasteiger partial charge in [0, 0.05) is 6.07 Å². The summed E-state index contributed by atoms with van der Waals surface area (Å²) < 4.78 is 5.39. The van der Waals surface area contributed by atoms with E-state index in [1.807, 2.05) is 6.92 Å². The van der Waals surface area contributed by atoms with Crippen molar-refractivity contribution in [1.29, 1.82) is 0 Å². The molecule has 14 heavy (non-hydrogen) atoms. The van der Waals surface area contributed by atoms with Gasteiger partial charge in [-0.05, 0) is 25.5 Å². The molecule has 2 aromatic rings. The molecule has 1 heterocycles. The average molecular weight is 190 g/mol. The van der Waals surface area contributed by atoms with E-state index in [0.29, 0.717) is 11.3 Å². The van der Waals surface area contributed by atoms with E-state index in [4.69, 9.17) is 4.42 Å². The highest BCUT2D eigenvalue weighted by Crippen LogP contribution is 2.24. The Morgan fingerprint density at radius 3 is 2.71 bits per heavy atom. The molecule has 3 nitrogen and oxygen atoms in total. The molecule has 2 rings (SSSR count). The molecule has 0 aliphatic rings. The number of aryl methyl sites for hydroxylation is 2. The Hall–Kier alpha value is -1.77. The van der Waals surface area contributed by atoms with E-state index in [1.165, 1.54) is 12.1 Å². The van der Waals surface area contributed by atoms with Gasteiger partial charge in [-0.15, -0.1) is 0 Å². The smallest absolute Gasteiger partial charge is 0.196 e. The van der Waals surface area contributed by atoms with Gasteiger partial charge in [0.15, 0.2) is 5.43 Å². The molecule has 1 aromatic carbocycles. The highest BCUT2D eigenvalue weighted by atomic mass is 16.3. The lowest BCUT2D eigenvalue weighted by molar-refractivity contribution is 0.478. The third kappa shape index (κ3) is 1.18. The highest BCUT2D eigenvalue weighted by Gasteiger charge is 2.09. The van der Waals surface area contributed by atoms with Gasteiger partial charge in [-0.25, -0.2) is 0 Å². The monoisotopic (exact) mass is 190 g/mol. The standard InChI is InChI=1S/C11H10O3/c1-6-3-4-8(12)10-9(13)5-7(2)14-11(6)10/h3-5,12H,1-2H3. The number of hydrogen-bond acceptors (Lipinski definition) is 3. The number of aromatic hydroxyl groups is 1. The van der Waals surface area contributed by atoms with Gasteiger partial charge in [-0.2, -0.15) is 0 Å². The summed E-state index contributed by atoms with van der Waals surface area (Å²) in [7, 11) is 0. The van der Waals surface area contributed by atoms with Gasteiger partial charge in [0.2, 0.25) is 0 Å². The molecule has 0 amide bonds. The predicted octanol–water partition coefficient (Wildman–Crippen LogP) is 2.12. The number of rotatable bonds is 0. The average Bonchev–Trinajstić information content (AvgIpc) is 2.10. The minimum atomic E-state index is -0.204. The van der Waals surface area contributed by atoms with Crippen LogP contribution in [-0.2, 0) is 0 Å². The molecular formula is C11H10O3. The van der Waals surface area contributed by atoms with E-state index in [9.17, 15) is 9.90 Å². The first kappa shape index (κ1) is 8.81. The SMILES string of the molecule is Cc1cc(=O)c2c(O)ccc(C)c2o1. The summed E-state index contributed by atoms with van der Waals surface area (Å²) in [6.07, 6.45) is 0. The molecule has 0 radical (unpaired) electrons. The summed E-state index contributed by atoms with van der Waals surface area (Å²) in [5, 5.41) is 9.77. The molecule has 0 aliphatic heterocycles. The normalized spacial score (nSPS) is 10.7. The topological polar surface area (TPSA) is 50.4 Å². The van der Waals surface area contributed by atoms with Crippen LogP contribution in [0, 0.1) is 13.8 Å². The van der Waals surface area contributed by atoms with Crippen LogP contribution >= 0.6 is 0 Å². The lowest BCUT2D eigenvalue weighted by Crippen LogP contribution is -2.01. The van der Waals surface area contributed by atoms with Gasteiger partial charge in [-0.3, -0.25) is 4.79 Å². The predicted molar refractivity (Wildman–Crippen MR) is 53.6 cm³/mol. The van der Waals surface area contributed by atoms with Crippen molar-refractivity contribution >= 4 is 11.0 Å². The van der Waals surface area contributed by atoms with Gasteiger partial charge in [0.1, 0.15) is 22.5 Å². The summed E-state index contributed by atoms with van der Waals surface area (Å²) >= 11 is 0. The molecule has 1 N–H and O–H groups in total. The molecule has 0 aliphatic carbocycles. The quantitative estimate of drug-likeness (QED) is 0.692. The molecule has 0 saturated carbocycles. The second-order valence-corrected chi connectivity index (χ2v) is 3.33. The zero-order valence-electron chi connectivity index (χ0n) is 8.00. The van der Waals surface area contributed by atoms with Crippen LogP contribution in [-0.4, -0.2) is 5.11 Å². The van der Waals surface area contributed by atoms with Gasteiger partial charge < -0.3 is 9.52 Å². The van der Waals surface area contributed by atoms with Crippen molar-refractivity contribution in [1.82, 2.24) is 0 Å². The first-order valence-electron chi connectivity index (χ1n) is 4.32. The third-order valence-electron chi connectivity index (χ3n) is 2.18. The number of fused-ring (bicyclic) bond motifs is 1. The molecule has 0 unspecified atom stereocenters. The molecule has 3 heteroatoms. The largest absolute Gasteiger partial charge is 0.507 e. The van der Waals surface area contributed by atoms with Crippen LogP contribution in [0.3, 0.4) is 0 Å². The van der Waals surface area contributed by atoms with Crippen LogP contribution in [0.4, 0.5) is 0 Å². The van der Waals surface area contributed by atoms with Crippen LogP contribution in [0.1, 0.15) is 11.3 Å². The van der Waals surface area contributed by atoms with E-state index in [-0.39, 0.29) is 16.6 Å². The van der Waals surface area contributed by atoms with Crippen LogP contribution < -0.4 is 5.43 Å². The van der Waals surface area contributed by atoms with Crippen LogP contribution in [0.5, 0.6) is 5.75 Å². The van der Waals surface area contributed by atoms with Gasteiger partial charge in [-0.1, -0.05) is 6.07 Å². The van der Waals surface area contributed by atoms with Gasteiger partial charge in [0.25, 0.3) is 0 Å². The first-order chi connectivity index (χ1) is 6.59. The van der Waals surface area contributed by atoms with Crippen molar-refractivity contribution in [3.8, 4) is 5.75 Å². The van der Waals surface area contributed by atoms with Crippen LogP contribution in [0.15, 0.2) is 27.4 Å². The second kappa shape index (κ2) is 2.87. The van der Waals surface area contributed by atoms with Crippen LogP contribution in [0.25, 0.3) is 11.0 Å². The number of phenols is 1. The summed E-state index contributed by atoms with van der Waals surface area (Å²) in [6, 6.07) is 4.60. The fourth-order valence-corrected chi connectivity index (χ4v) is 1.49. The molecule has 0 atom stereocenters. The summed E-state index contributed by atoms with van der Waals surface area (Å²) in [4.78, 5) is 11.6. The van der Waals surface area contributed by atoms with Gasteiger partial charge in [0.05, 0.1) is 0 Å².